The van der Waals surface area contributed by atoms with Gasteiger partial charge in [-0.1, -0.05) is 45.2 Å². The monoisotopic (exact) mass is 275 g/mol. The molecule has 0 radical (unpaired) electrons. The van der Waals surface area contributed by atoms with Crippen LogP contribution >= 0.6 is 0 Å². The van der Waals surface area contributed by atoms with Gasteiger partial charge >= 0.3 is 0 Å². The van der Waals surface area contributed by atoms with E-state index >= 15 is 0 Å². The van der Waals surface area contributed by atoms with Crippen molar-refractivity contribution in [1.82, 2.24) is 0 Å². The number of hydrogen-bond acceptors (Lipinski definition) is 2. The molecule has 20 heavy (non-hydrogen) atoms. The van der Waals surface area contributed by atoms with Crippen molar-refractivity contribution in [3.05, 3.63) is 29.8 Å². The lowest BCUT2D eigenvalue weighted by atomic mass is 9.89. The average Bonchev–Trinajstić information content (AvgIpc) is 2.52. The summed E-state index contributed by atoms with van der Waals surface area (Å²) in [5.74, 6) is 2.76. The molecule has 1 aromatic rings. The van der Waals surface area contributed by atoms with Crippen LogP contribution in [-0.2, 0) is 0 Å². The molecule has 2 N–H and O–H groups in total. The van der Waals surface area contributed by atoms with E-state index in [4.69, 9.17) is 10.5 Å². The Hall–Kier alpha value is -1.02. The Kier molecular flexibility index (Phi) is 5.90. The number of hydrogen-bond donors (Lipinski definition) is 1. The van der Waals surface area contributed by atoms with Gasteiger partial charge in [0, 0.05) is 0 Å². The second-order valence-electron chi connectivity index (χ2n) is 6.39. The fourth-order valence-electron chi connectivity index (χ4n) is 2.99. The summed E-state index contributed by atoms with van der Waals surface area (Å²) in [6.07, 6.45) is 6.82. The summed E-state index contributed by atoms with van der Waals surface area (Å²) in [6.45, 7) is 6.07. The van der Waals surface area contributed by atoms with Crippen LogP contribution in [0.5, 0.6) is 5.75 Å². The Balaban J connectivity index is 1.91. The van der Waals surface area contributed by atoms with Crippen molar-refractivity contribution >= 4 is 0 Å². The Morgan fingerprint density at radius 1 is 1.20 bits per heavy atom. The zero-order chi connectivity index (χ0) is 14.4. The van der Waals surface area contributed by atoms with Gasteiger partial charge < -0.3 is 10.5 Å². The smallest absolute Gasteiger partial charge is 0.119 e. The maximum absolute atomic E-state index is 6.02. The molecule has 0 spiro atoms. The SMILES string of the molecule is C[C@H](CN)[C@@H](C)c1cccc(OCC2CCCCC2)c1. The van der Waals surface area contributed by atoms with E-state index in [1.54, 1.807) is 0 Å². The van der Waals surface area contributed by atoms with Crippen LogP contribution in [0.3, 0.4) is 0 Å². The number of benzene rings is 1. The third-order valence-electron chi connectivity index (χ3n) is 4.82. The average molecular weight is 275 g/mol. The normalized spacial score (nSPS) is 19.6. The topological polar surface area (TPSA) is 35.2 Å². The molecule has 0 amide bonds. The fourth-order valence-corrected chi connectivity index (χ4v) is 2.99. The summed E-state index contributed by atoms with van der Waals surface area (Å²) < 4.78 is 6.02. The molecule has 0 aliphatic heterocycles. The summed E-state index contributed by atoms with van der Waals surface area (Å²) in [6, 6.07) is 8.56. The van der Waals surface area contributed by atoms with Crippen LogP contribution < -0.4 is 10.5 Å². The lowest BCUT2D eigenvalue weighted by Crippen LogP contribution is -2.17. The molecule has 0 saturated heterocycles. The highest BCUT2D eigenvalue weighted by Gasteiger charge is 2.15. The predicted molar refractivity (Wildman–Crippen MR) is 85.1 cm³/mol. The number of nitrogens with two attached hydrogens (primary N) is 1. The Labute approximate surface area is 123 Å². The van der Waals surface area contributed by atoms with Crippen molar-refractivity contribution < 1.29 is 4.74 Å². The molecule has 2 rings (SSSR count). The van der Waals surface area contributed by atoms with Crippen molar-refractivity contribution in [3.8, 4) is 5.75 Å². The quantitative estimate of drug-likeness (QED) is 0.838. The summed E-state index contributed by atoms with van der Waals surface area (Å²) in [7, 11) is 0. The maximum Gasteiger partial charge on any atom is 0.119 e. The highest BCUT2D eigenvalue weighted by atomic mass is 16.5. The second kappa shape index (κ2) is 7.68. The number of ether oxygens (including phenoxy) is 1. The van der Waals surface area contributed by atoms with Gasteiger partial charge in [0.15, 0.2) is 0 Å². The highest BCUT2D eigenvalue weighted by molar-refractivity contribution is 5.31. The standard InChI is InChI=1S/C18H29NO/c1-14(12-19)15(2)17-9-6-10-18(11-17)20-13-16-7-4-3-5-8-16/h6,9-11,14-16H,3-5,7-8,12-13,19H2,1-2H3/t14-,15-/m1/s1. The van der Waals surface area contributed by atoms with Gasteiger partial charge in [-0.3, -0.25) is 0 Å². The summed E-state index contributed by atoms with van der Waals surface area (Å²) >= 11 is 0. The molecule has 1 saturated carbocycles. The van der Waals surface area contributed by atoms with Gasteiger partial charge in [0.2, 0.25) is 0 Å². The van der Waals surface area contributed by atoms with Crippen molar-refractivity contribution in [1.29, 1.82) is 0 Å². The molecule has 0 heterocycles. The Bertz CT molecular complexity index is 398. The van der Waals surface area contributed by atoms with Gasteiger partial charge in [-0.15, -0.1) is 0 Å². The zero-order valence-electron chi connectivity index (χ0n) is 13.0. The minimum atomic E-state index is 0.484. The maximum atomic E-state index is 6.02. The van der Waals surface area contributed by atoms with Crippen LogP contribution in [0.4, 0.5) is 0 Å². The highest BCUT2D eigenvalue weighted by Crippen LogP contribution is 2.28. The minimum Gasteiger partial charge on any atom is -0.493 e. The summed E-state index contributed by atoms with van der Waals surface area (Å²) in [5, 5.41) is 0. The Morgan fingerprint density at radius 2 is 1.95 bits per heavy atom. The van der Waals surface area contributed by atoms with Gasteiger partial charge in [-0.2, -0.15) is 0 Å². The molecule has 0 bridgehead atoms. The molecule has 1 aliphatic rings. The molecule has 0 unspecified atom stereocenters. The first-order valence-electron chi connectivity index (χ1n) is 8.13. The Morgan fingerprint density at radius 3 is 2.65 bits per heavy atom. The second-order valence-corrected chi connectivity index (χ2v) is 6.39. The summed E-state index contributed by atoms with van der Waals surface area (Å²) in [4.78, 5) is 0. The molecule has 2 heteroatoms. The molecule has 1 aromatic carbocycles. The van der Waals surface area contributed by atoms with E-state index in [1.165, 1.54) is 37.7 Å². The fraction of sp³-hybridized carbons (Fsp3) is 0.667. The van der Waals surface area contributed by atoms with E-state index in [0.717, 1.165) is 24.8 Å². The largest absolute Gasteiger partial charge is 0.493 e. The van der Waals surface area contributed by atoms with Crippen molar-refractivity contribution in [2.75, 3.05) is 13.2 Å². The lowest BCUT2D eigenvalue weighted by Gasteiger charge is -2.22. The van der Waals surface area contributed by atoms with Crippen molar-refractivity contribution in [3.63, 3.8) is 0 Å². The van der Waals surface area contributed by atoms with Crippen LogP contribution in [0, 0.1) is 11.8 Å². The van der Waals surface area contributed by atoms with E-state index in [0.29, 0.717) is 11.8 Å². The van der Waals surface area contributed by atoms with Crippen LogP contribution in [0.25, 0.3) is 0 Å². The van der Waals surface area contributed by atoms with E-state index in [2.05, 4.69) is 38.1 Å². The first-order chi connectivity index (χ1) is 9.70. The predicted octanol–water partition coefficient (Wildman–Crippen LogP) is 4.34. The van der Waals surface area contributed by atoms with Gasteiger partial charge in [-0.05, 0) is 54.8 Å². The molecular formula is C18H29NO. The van der Waals surface area contributed by atoms with E-state index in [1.807, 2.05) is 0 Å². The van der Waals surface area contributed by atoms with Gasteiger partial charge in [0.25, 0.3) is 0 Å². The molecule has 1 fully saturated rings. The molecule has 0 aromatic heterocycles. The summed E-state index contributed by atoms with van der Waals surface area (Å²) in [5.41, 5.74) is 7.11. The third kappa shape index (κ3) is 4.24. The van der Waals surface area contributed by atoms with E-state index < -0.39 is 0 Å². The first-order valence-corrected chi connectivity index (χ1v) is 8.13. The van der Waals surface area contributed by atoms with Crippen LogP contribution in [0.15, 0.2) is 24.3 Å². The lowest BCUT2D eigenvalue weighted by molar-refractivity contribution is 0.208. The molecule has 1 aliphatic carbocycles. The molecule has 2 nitrogen and oxygen atoms in total. The van der Waals surface area contributed by atoms with Crippen molar-refractivity contribution in [2.24, 2.45) is 17.6 Å². The van der Waals surface area contributed by atoms with Crippen LogP contribution in [-0.4, -0.2) is 13.2 Å². The van der Waals surface area contributed by atoms with Gasteiger partial charge in [0.05, 0.1) is 6.61 Å². The minimum absolute atomic E-state index is 0.484. The van der Waals surface area contributed by atoms with E-state index in [-0.39, 0.29) is 0 Å². The van der Waals surface area contributed by atoms with Crippen LogP contribution in [0.2, 0.25) is 0 Å². The van der Waals surface area contributed by atoms with E-state index in [9.17, 15) is 0 Å². The third-order valence-corrected chi connectivity index (χ3v) is 4.82. The molecule has 2 atom stereocenters. The number of rotatable bonds is 6. The molecular weight excluding hydrogens is 246 g/mol. The van der Waals surface area contributed by atoms with Gasteiger partial charge in [0.1, 0.15) is 5.75 Å². The zero-order valence-corrected chi connectivity index (χ0v) is 13.0. The first kappa shape index (κ1) is 15.4. The van der Waals surface area contributed by atoms with Gasteiger partial charge in [-0.25, -0.2) is 0 Å². The molecule has 112 valence electrons. The van der Waals surface area contributed by atoms with Crippen molar-refractivity contribution in [2.45, 2.75) is 51.9 Å². The van der Waals surface area contributed by atoms with Crippen LogP contribution in [0.1, 0.15) is 57.4 Å².